The number of benzene rings is 4. The Hall–Kier alpha value is -6.20. The van der Waals surface area contributed by atoms with Gasteiger partial charge < -0.3 is 5.32 Å². The molecule has 252 valence electrons. The van der Waals surface area contributed by atoms with Crippen LogP contribution in [0.25, 0.3) is 55.0 Å². The molecule has 4 aromatic carbocycles. The van der Waals surface area contributed by atoms with Crippen molar-refractivity contribution in [3.63, 3.8) is 0 Å². The highest BCUT2D eigenvalue weighted by atomic mass is 14.9. The Morgan fingerprint density at radius 2 is 1.31 bits per heavy atom. The Morgan fingerprint density at radius 1 is 0.673 bits per heavy atom. The molecule has 0 bridgehead atoms. The predicted molar refractivity (Wildman–Crippen MR) is 217 cm³/mol. The maximum atomic E-state index is 5.22. The van der Waals surface area contributed by atoms with Crippen molar-refractivity contribution in [3.05, 3.63) is 166 Å². The Bertz CT molecular complexity index is 2790. The van der Waals surface area contributed by atoms with Gasteiger partial charge in [-0.3, -0.25) is 9.98 Å². The molecule has 0 radical (unpaired) electrons. The number of nitrogens with one attached hydrogen (secondary N) is 1. The molecular formula is C47H39N5. The van der Waals surface area contributed by atoms with Gasteiger partial charge >= 0.3 is 0 Å². The minimum absolute atomic E-state index is 0.769. The third-order valence-corrected chi connectivity index (χ3v) is 10.7. The van der Waals surface area contributed by atoms with Crippen molar-refractivity contribution in [1.82, 2.24) is 15.0 Å². The van der Waals surface area contributed by atoms with Crippen molar-refractivity contribution in [1.29, 1.82) is 0 Å². The van der Waals surface area contributed by atoms with E-state index in [0.717, 1.165) is 87.7 Å². The van der Waals surface area contributed by atoms with Crippen LogP contribution in [0.5, 0.6) is 0 Å². The summed E-state index contributed by atoms with van der Waals surface area (Å²) >= 11 is 0. The van der Waals surface area contributed by atoms with E-state index in [4.69, 9.17) is 15.0 Å². The first-order chi connectivity index (χ1) is 25.6. The fourth-order valence-electron chi connectivity index (χ4n) is 7.94. The number of pyridine rings is 3. The van der Waals surface area contributed by atoms with E-state index >= 15 is 0 Å². The monoisotopic (exact) mass is 673 g/mol. The van der Waals surface area contributed by atoms with Crippen LogP contribution in [-0.2, 0) is 6.42 Å². The van der Waals surface area contributed by atoms with Gasteiger partial charge in [-0.15, -0.1) is 0 Å². The Kier molecular flexibility index (Phi) is 8.04. The first-order valence-corrected chi connectivity index (χ1v) is 18.1. The molecule has 1 aliphatic heterocycles. The minimum atomic E-state index is 0.769. The SMILES string of the molecule is C=CC1=C(Cc2ccc3cc(-c4ccc5nc(C6=c7ccccc7=C(c7ccc8ccc(C)c(NC)c8n7)CC6)ccc5c4)ccc3n2)C=NCC1. The lowest BCUT2D eigenvalue weighted by molar-refractivity contribution is 0.932. The van der Waals surface area contributed by atoms with E-state index in [9.17, 15) is 0 Å². The molecule has 52 heavy (non-hydrogen) atoms. The van der Waals surface area contributed by atoms with Gasteiger partial charge in [-0.05, 0) is 118 Å². The lowest BCUT2D eigenvalue weighted by Crippen LogP contribution is -2.33. The number of aromatic nitrogens is 3. The number of nitrogens with zero attached hydrogens (tertiary/aromatic N) is 4. The number of hydrogen-bond donors (Lipinski definition) is 1. The number of aliphatic imine (C=N–C) groups is 1. The highest BCUT2D eigenvalue weighted by molar-refractivity contribution is 5.94. The van der Waals surface area contributed by atoms with Crippen LogP contribution in [0, 0.1) is 6.92 Å². The smallest absolute Gasteiger partial charge is 0.0943 e. The molecule has 0 saturated carbocycles. The van der Waals surface area contributed by atoms with Gasteiger partial charge in [0, 0.05) is 48.1 Å². The molecule has 0 unspecified atom stereocenters. The Morgan fingerprint density at radius 3 is 2.00 bits per heavy atom. The molecule has 5 nitrogen and oxygen atoms in total. The fraction of sp³-hybridized carbons (Fsp3) is 0.149. The third-order valence-electron chi connectivity index (χ3n) is 10.7. The molecule has 0 saturated heterocycles. The molecule has 1 aliphatic carbocycles. The zero-order valence-electron chi connectivity index (χ0n) is 29.6. The van der Waals surface area contributed by atoms with Gasteiger partial charge in [0.15, 0.2) is 0 Å². The van der Waals surface area contributed by atoms with Crippen LogP contribution in [0.3, 0.4) is 0 Å². The van der Waals surface area contributed by atoms with E-state index < -0.39 is 0 Å². The number of hydrogen-bond acceptors (Lipinski definition) is 5. The van der Waals surface area contributed by atoms with Gasteiger partial charge in [-0.2, -0.15) is 0 Å². The lowest BCUT2D eigenvalue weighted by atomic mass is 9.89. The first-order valence-electron chi connectivity index (χ1n) is 18.1. The highest BCUT2D eigenvalue weighted by Crippen LogP contribution is 2.32. The molecule has 0 amide bonds. The van der Waals surface area contributed by atoms with Crippen LogP contribution < -0.4 is 15.8 Å². The predicted octanol–water partition coefficient (Wildman–Crippen LogP) is 9.04. The molecule has 0 fully saturated rings. The van der Waals surface area contributed by atoms with Gasteiger partial charge in [0.25, 0.3) is 0 Å². The largest absolute Gasteiger partial charge is 0.386 e. The second-order valence-corrected chi connectivity index (χ2v) is 13.8. The summed E-state index contributed by atoms with van der Waals surface area (Å²) in [6.45, 7) is 6.96. The van der Waals surface area contributed by atoms with Crippen LogP contribution in [0.2, 0.25) is 0 Å². The molecule has 0 spiro atoms. The number of dihydropyridines is 1. The van der Waals surface area contributed by atoms with Crippen LogP contribution in [-0.4, -0.2) is 34.8 Å². The number of rotatable bonds is 7. The lowest BCUT2D eigenvalue weighted by Gasteiger charge is -2.18. The summed E-state index contributed by atoms with van der Waals surface area (Å²) in [6, 6.07) is 39.3. The number of aryl methyl sites for hydroxylation is 1. The van der Waals surface area contributed by atoms with Crippen molar-refractivity contribution in [2.24, 2.45) is 4.99 Å². The highest BCUT2D eigenvalue weighted by Gasteiger charge is 2.18. The molecule has 0 atom stereocenters. The van der Waals surface area contributed by atoms with E-state index in [1.165, 1.54) is 49.4 Å². The molecule has 3 aromatic heterocycles. The average molecular weight is 674 g/mol. The topological polar surface area (TPSA) is 63.1 Å². The summed E-state index contributed by atoms with van der Waals surface area (Å²) in [5.74, 6) is 0. The number of fused-ring (bicyclic) bond motifs is 4. The average Bonchev–Trinajstić information content (AvgIpc) is 3.20. The number of allylic oxidation sites excluding steroid dienone is 2. The molecule has 7 aromatic rings. The van der Waals surface area contributed by atoms with Crippen molar-refractivity contribution in [2.75, 3.05) is 18.9 Å². The van der Waals surface area contributed by atoms with E-state index in [1.807, 2.05) is 19.3 Å². The van der Waals surface area contributed by atoms with Crippen LogP contribution in [0.1, 0.15) is 41.9 Å². The zero-order valence-corrected chi connectivity index (χ0v) is 29.6. The maximum absolute atomic E-state index is 5.22. The summed E-state index contributed by atoms with van der Waals surface area (Å²) in [4.78, 5) is 19.9. The van der Waals surface area contributed by atoms with Crippen molar-refractivity contribution < 1.29 is 0 Å². The zero-order chi connectivity index (χ0) is 35.2. The summed E-state index contributed by atoms with van der Waals surface area (Å²) < 4.78 is 0. The summed E-state index contributed by atoms with van der Waals surface area (Å²) in [7, 11) is 1.97. The maximum Gasteiger partial charge on any atom is 0.0943 e. The summed E-state index contributed by atoms with van der Waals surface area (Å²) in [6.07, 6.45) is 7.48. The van der Waals surface area contributed by atoms with Gasteiger partial charge in [-0.25, -0.2) is 9.97 Å². The van der Waals surface area contributed by atoms with Gasteiger partial charge in [0.05, 0.1) is 33.6 Å². The number of anilines is 1. The van der Waals surface area contributed by atoms with Gasteiger partial charge in [0.2, 0.25) is 0 Å². The fourth-order valence-corrected chi connectivity index (χ4v) is 7.94. The summed E-state index contributed by atoms with van der Waals surface area (Å²) in [5.41, 5.74) is 15.8. The van der Waals surface area contributed by atoms with Crippen molar-refractivity contribution >= 4 is 55.8 Å². The van der Waals surface area contributed by atoms with E-state index in [1.54, 1.807) is 0 Å². The molecule has 9 rings (SSSR count). The normalized spacial score (nSPS) is 14.3. The van der Waals surface area contributed by atoms with E-state index in [-0.39, 0.29) is 0 Å². The van der Waals surface area contributed by atoms with Crippen molar-refractivity contribution in [3.8, 4) is 11.1 Å². The molecule has 4 heterocycles. The molecular weight excluding hydrogens is 635 g/mol. The quantitative estimate of drug-likeness (QED) is 0.183. The first kappa shape index (κ1) is 31.8. The van der Waals surface area contributed by atoms with E-state index in [0.29, 0.717) is 0 Å². The Balaban J connectivity index is 1.04. The summed E-state index contributed by atoms with van der Waals surface area (Å²) in [5, 5.41) is 9.26. The third kappa shape index (κ3) is 5.68. The standard InChI is InChI=1S/C47H39N5/c1-4-30-23-24-49-28-36(30)27-37-16-11-34-25-32(13-19-42(34)50-37)33-14-20-43-35(26-33)15-22-44(51-43)40-17-18-41(39-8-6-5-7-38(39)40)45-21-12-31-10-9-29(2)46(48-3)47(31)52-45/h4-16,19-22,25-26,28,48H,1,17-18,23-24,27H2,2-3H3. The minimum Gasteiger partial charge on any atom is -0.386 e. The molecule has 1 N–H and O–H groups in total. The van der Waals surface area contributed by atoms with Gasteiger partial charge in [-0.1, -0.05) is 79.4 Å². The second-order valence-electron chi connectivity index (χ2n) is 13.8. The van der Waals surface area contributed by atoms with Crippen LogP contribution >= 0.6 is 0 Å². The van der Waals surface area contributed by atoms with E-state index in [2.05, 4.69) is 133 Å². The van der Waals surface area contributed by atoms with Crippen molar-refractivity contribution in [2.45, 2.75) is 32.6 Å². The molecule has 5 heteroatoms. The van der Waals surface area contributed by atoms with Crippen LogP contribution in [0.4, 0.5) is 5.69 Å². The second kappa shape index (κ2) is 13.2. The molecule has 2 aliphatic rings. The van der Waals surface area contributed by atoms with Crippen LogP contribution in [0.15, 0.2) is 138 Å². The van der Waals surface area contributed by atoms with Gasteiger partial charge in [0.1, 0.15) is 0 Å². The Labute approximate surface area is 303 Å².